The molecule has 1 heterocycles. The maximum atomic E-state index is 5.93. The number of benzene rings is 1. The predicted octanol–water partition coefficient (Wildman–Crippen LogP) is 3.33. The Labute approximate surface area is 109 Å². The van der Waals surface area contributed by atoms with E-state index in [1.807, 2.05) is 24.3 Å². The van der Waals surface area contributed by atoms with E-state index in [4.69, 9.17) is 33.5 Å². The lowest BCUT2D eigenvalue weighted by Gasteiger charge is -2.14. The number of hydrazine groups is 1. The Bertz CT molecular complexity index is 499. The number of furan rings is 1. The van der Waals surface area contributed by atoms with Crippen molar-refractivity contribution < 1.29 is 4.42 Å². The van der Waals surface area contributed by atoms with Gasteiger partial charge in [0, 0.05) is 10.6 Å². The SMILES string of the molecule is NNC(Cc1cccc(Cl)c1)c1ccoc1Cl. The van der Waals surface area contributed by atoms with Crippen molar-refractivity contribution in [3.8, 4) is 0 Å². The van der Waals surface area contributed by atoms with Gasteiger partial charge in [0.25, 0.3) is 0 Å². The van der Waals surface area contributed by atoms with Crippen molar-refractivity contribution in [1.29, 1.82) is 0 Å². The van der Waals surface area contributed by atoms with Crippen LogP contribution in [0.25, 0.3) is 0 Å². The average molecular weight is 271 g/mol. The van der Waals surface area contributed by atoms with Crippen LogP contribution in [0.2, 0.25) is 10.2 Å². The van der Waals surface area contributed by atoms with E-state index in [0.717, 1.165) is 11.1 Å². The van der Waals surface area contributed by atoms with Crippen molar-refractivity contribution >= 4 is 23.2 Å². The molecule has 90 valence electrons. The number of nitrogens with one attached hydrogen (secondary N) is 1. The second-order valence-electron chi connectivity index (χ2n) is 3.70. The van der Waals surface area contributed by atoms with Crippen LogP contribution in [0.5, 0.6) is 0 Å². The molecule has 0 aliphatic rings. The molecule has 0 amide bonds. The highest BCUT2D eigenvalue weighted by molar-refractivity contribution is 6.30. The van der Waals surface area contributed by atoms with Gasteiger partial charge in [0.1, 0.15) is 0 Å². The molecule has 0 fully saturated rings. The first-order chi connectivity index (χ1) is 8.20. The van der Waals surface area contributed by atoms with Gasteiger partial charge in [-0.05, 0) is 41.8 Å². The molecule has 0 aliphatic carbocycles. The molecule has 0 aliphatic heterocycles. The molecule has 1 unspecified atom stereocenters. The molecule has 0 bridgehead atoms. The van der Waals surface area contributed by atoms with Gasteiger partial charge in [0.15, 0.2) is 5.22 Å². The summed E-state index contributed by atoms with van der Waals surface area (Å²) in [5.74, 6) is 5.54. The van der Waals surface area contributed by atoms with Crippen molar-refractivity contribution in [3.05, 3.63) is 58.0 Å². The van der Waals surface area contributed by atoms with Gasteiger partial charge in [0.2, 0.25) is 0 Å². The first-order valence-corrected chi connectivity index (χ1v) is 5.89. The van der Waals surface area contributed by atoms with Crippen LogP contribution in [-0.2, 0) is 6.42 Å². The van der Waals surface area contributed by atoms with Crippen LogP contribution in [0.1, 0.15) is 17.2 Å². The summed E-state index contributed by atoms with van der Waals surface area (Å²) in [6.45, 7) is 0. The quantitative estimate of drug-likeness (QED) is 0.662. The van der Waals surface area contributed by atoms with Gasteiger partial charge in [-0.25, -0.2) is 0 Å². The zero-order valence-corrected chi connectivity index (χ0v) is 10.5. The largest absolute Gasteiger partial charge is 0.453 e. The van der Waals surface area contributed by atoms with Gasteiger partial charge in [-0.15, -0.1) is 0 Å². The molecule has 1 aromatic heterocycles. The van der Waals surface area contributed by atoms with Crippen LogP contribution >= 0.6 is 23.2 Å². The molecule has 5 heteroatoms. The average Bonchev–Trinajstić information content (AvgIpc) is 2.72. The van der Waals surface area contributed by atoms with Crippen LogP contribution in [0.3, 0.4) is 0 Å². The summed E-state index contributed by atoms with van der Waals surface area (Å²) in [5.41, 5.74) is 4.65. The molecular weight excluding hydrogens is 259 g/mol. The fourth-order valence-corrected chi connectivity index (χ4v) is 2.17. The zero-order chi connectivity index (χ0) is 12.3. The van der Waals surface area contributed by atoms with Gasteiger partial charge >= 0.3 is 0 Å². The highest BCUT2D eigenvalue weighted by Crippen LogP contribution is 2.26. The van der Waals surface area contributed by atoms with E-state index < -0.39 is 0 Å². The number of nitrogens with two attached hydrogens (primary N) is 1. The summed E-state index contributed by atoms with van der Waals surface area (Å²) in [4.78, 5) is 0. The normalized spacial score (nSPS) is 12.6. The molecule has 1 aromatic carbocycles. The van der Waals surface area contributed by atoms with E-state index in [0.29, 0.717) is 16.7 Å². The van der Waals surface area contributed by atoms with E-state index in [-0.39, 0.29) is 6.04 Å². The highest BCUT2D eigenvalue weighted by atomic mass is 35.5. The van der Waals surface area contributed by atoms with Crippen molar-refractivity contribution in [2.45, 2.75) is 12.5 Å². The molecule has 1 atom stereocenters. The predicted molar refractivity (Wildman–Crippen MR) is 68.9 cm³/mol. The molecule has 3 N–H and O–H groups in total. The smallest absolute Gasteiger partial charge is 0.197 e. The summed E-state index contributed by atoms with van der Waals surface area (Å²) in [6.07, 6.45) is 2.23. The number of hydrogen-bond acceptors (Lipinski definition) is 3. The third-order valence-corrected chi connectivity index (χ3v) is 3.09. The second kappa shape index (κ2) is 5.56. The summed E-state index contributed by atoms with van der Waals surface area (Å²) in [6, 6.07) is 9.34. The topological polar surface area (TPSA) is 51.2 Å². The summed E-state index contributed by atoms with van der Waals surface area (Å²) < 4.78 is 5.05. The Kier molecular flexibility index (Phi) is 4.07. The van der Waals surface area contributed by atoms with Crippen LogP contribution < -0.4 is 11.3 Å². The number of rotatable bonds is 4. The molecule has 17 heavy (non-hydrogen) atoms. The Morgan fingerprint density at radius 1 is 1.29 bits per heavy atom. The minimum Gasteiger partial charge on any atom is -0.453 e. The van der Waals surface area contributed by atoms with Gasteiger partial charge < -0.3 is 4.42 Å². The molecule has 0 saturated carbocycles. The van der Waals surface area contributed by atoms with Gasteiger partial charge in [-0.3, -0.25) is 11.3 Å². The number of hydrogen-bond donors (Lipinski definition) is 2. The van der Waals surface area contributed by atoms with Gasteiger partial charge in [-0.2, -0.15) is 0 Å². The van der Waals surface area contributed by atoms with E-state index in [1.54, 1.807) is 12.3 Å². The molecule has 3 nitrogen and oxygen atoms in total. The number of halogens is 2. The fraction of sp³-hybridized carbons (Fsp3) is 0.167. The van der Waals surface area contributed by atoms with E-state index >= 15 is 0 Å². The third-order valence-electron chi connectivity index (χ3n) is 2.55. The van der Waals surface area contributed by atoms with Crippen LogP contribution in [-0.4, -0.2) is 0 Å². The molecule has 2 aromatic rings. The Morgan fingerprint density at radius 2 is 2.12 bits per heavy atom. The minimum atomic E-state index is -0.0975. The van der Waals surface area contributed by atoms with E-state index in [9.17, 15) is 0 Å². The second-order valence-corrected chi connectivity index (χ2v) is 4.48. The third kappa shape index (κ3) is 3.01. The Balaban J connectivity index is 2.19. The summed E-state index contributed by atoms with van der Waals surface area (Å²) in [7, 11) is 0. The van der Waals surface area contributed by atoms with Crippen molar-refractivity contribution in [2.24, 2.45) is 5.84 Å². The summed E-state index contributed by atoms with van der Waals surface area (Å²) >= 11 is 11.9. The molecule has 0 saturated heterocycles. The molecular formula is C12H12Cl2N2O. The maximum Gasteiger partial charge on any atom is 0.197 e. The van der Waals surface area contributed by atoms with Crippen molar-refractivity contribution in [3.63, 3.8) is 0 Å². The maximum absolute atomic E-state index is 5.93. The lowest BCUT2D eigenvalue weighted by molar-refractivity contribution is 0.527. The van der Waals surface area contributed by atoms with Crippen LogP contribution in [0.15, 0.2) is 41.0 Å². The van der Waals surface area contributed by atoms with Crippen molar-refractivity contribution in [1.82, 2.24) is 5.43 Å². The van der Waals surface area contributed by atoms with Gasteiger partial charge in [0.05, 0.1) is 12.3 Å². The Hall–Kier alpha value is -1.00. The fourth-order valence-electron chi connectivity index (χ4n) is 1.71. The molecule has 0 radical (unpaired) electrons. The monoisotopic (exact) mass is 270 g/mol. The lowest BCUT2D eigenvalue weighted by atomic mass is 10.0. The first-order valence-electron chi connectivity index (χ1n) is 5.14. The van der Waals surface area contributed by atoms with E-state index in [1.165, 1.54) is 0 Å². The zero-order valence-electron chi connectivity index (χ0n) is 8.99. The standard InChI is InChI=1S/C12H12Cl2N2O/c13-9-3-1-2-8(6-9)7-11(16-15)10-4-5-17-12(10)14/h1-6,11,16H,7,15H2. The molecule has 2 rings (SSSR count). The van der Waals surface area contributed by atoms with E-state index in [2.05, 4.69) is 5.43 Å². The lowest BCUT2D eigenvalue weighted by Crippen LogP contribution is -2.29. The minimum absolute atomic E-state index is 0.0975. The van der Waals surface area contributed by atoms with Gasteiger partial charge in [-0.1, -0.05) is 23.7 Å². The first kappa shape index (κ1) is 12.5. The Morgan fingerprint density at radius 3 is 2.71 bits per heavy atom. The highest BCUT2D eigenvalue weighted by Gasteiger charge is 2.16. The summed E-state index contributed by atoms with van der Waals surface area (Å²) in [5, 5.41) is 1.06. The van der Waals surface area contributed by atoms with Crippen LogP contribution in [0.4, 0.5) is 0 Å². The van der Waals surface area contributed by atoms with Crippen molar-refractivity contribution in [2.75, 3.05) is 0 Å². The van der Waals surface area contributed by atoms with Crippen LogP contribution in [0, 0.1) is 0 Å². The molecule has 0 spiro atoms.